The van der Waals surface area contributed by atoms with Crippen LogP contribution in [0.15, 0.2) is 47.7 Å². The van der Waals surface area contributed by atoms with Crippen molar-refractivity contribution in [1.29, 1.82) is 0 Å². The van der Waals surface area contributed by atoms with E-state index in [2.05, 4.69) is 63.4 Å². The molecule has 2 N–H and O–H groups in total. The summed E-state index contributed by atoms with van der Waals surface area (Å²) in [4.78, 5) is 9.08. The summed E-state index contributed by atoms with van der Waals surface area (Å²) in [7, 11) is 0. The molecule has 0 radical (unpaired) electrons. The molecule has 0 amide bonds. The molecule has 0 aliphatic carbocycles. The Morgan fingerprint density at radius 3 is 2.63 bits per heavy atom. The van der Waals surface area contributed by atoms with Crippen LogP contribution in [0, 0.1) is 20.8 Å². The van der Waals surface area contributed by atoms with Crippen molar-refractivity contribution in [2.24, 2.45) is 4.99 Å². The molecular weight excluding hydrogens is 374 g/mol. The molecule has 160 valence electrons. The number of aromatic nitrogens is 4. The van der Waals surface area contributed by atoms with Gasteiger partial charge in [0.1, 0.15) is 5.82 Å². The molecule has 2 aromatic heterocycles. The van der Waals surface area contributed by atoms with Crippen LogP contribution in [-0.2, 0) is 13.1 Å². The van der Waals surface area contributed by atoms with Crippen molar-refractivity contribution in [2.45, 2.75) is 53.6 Å². The van der Waals surface area contributed by atoms with Crippen LogP contribution in [-0.4, -0.2) is 38.4 Å². The standard InChI is InChI=1S/C23H33N7/c1-5-24-23(26-12-8-9-14-29-15-13-25-20(29)4)27-17-21-10-6-7-11-22(21)30-19(3)16-18(2)28-30/h6-7,10-11,13,15-16H,5,8-9,12,14,17H2,1-4H3,(H2,24,26,27). The van der Waals surface area contributed by atoms with Crippen molar-refractivity contribution in [2.75, 3.05) is 13.1 Å². The summed E-state index contributed by atoms with van der Waals surface area (Å²) >= 11 is 0. The second-order valence-electron chi connectivity index (χ2n) is 7.46. The van der Waals surface area contributed by atoms with E-state index in [9.17, 15) is 0 Å². The number of unbranched alkanes of at least 4 members (excludes halogenated alkanes) is 1. The van der Waals surface area contributed by atoms with Gasteiger partial charge in [0.05, 0.1) is 17.9 Å². The fraction of sp³-hybridized carbons (Fsp3) is 0.435. The number of rotatable bonds is 9. The number of hydrogen-bond acceptors (Lipinski definition) is 3. The first-order valence-electron chi connectivity index (χ1n) is 10.7. The maximum Gasteiger partial charge on any atom is 0.191 e. The Hall–Kier alpha value is -3.09. The zero-order valence-corrected chi connectivity index (χ0v) is 18.5. The topological polar surface area (TPSA) is 72.1 Å². The van der Waals surface area contributed by atoms with E-state index < -0.39 is 0 Å². The maximum atomic E-state index is 4.81. The summed E-state index contributed by atoms with van der Waals surface area (Å²) in [6.45, 7) is 11.5. The average molecular weight is 408 g/mol. The van der Waals surface area contributed by atoms with Crippen LogP contribution in [0.25, 0.3) is 5.69 Å². The van der Waals surface area contributed by atoms with E-state index in [1.807, 2.05) is 37.0 Å². The maximum absolute atomic E-state index is 4.81. The number of nitrogens with zero attached hydrogens (tertiary/aromatic N) is 5. The number of aryl methyl sites for hydroxylation is 4. The molecule has 0 unspecified atom stereocenters. The molecule has 3 aromatic rings. The molecule has 7 heteroatoms. The molecule has 0 aliphatic rings. The van der Waals surface area contributed by atoms with Gasteiger partial charge in [-0.2, -0.15) is 5.10 Å². The Labute approximate surface area is 179 Å². The lowest BCUT2D eigenvalue weighted by Crippen LogP contribution is -2.37. The average Bonchev–Trinajstić information content (AvgIpc) is 3.30. The fourth-order valence-corrected chi connectivity index (χ4v) is 3.48. The fourth-order valence-electron chi connectivity index (χ4n) is 3.48. The van der Waals surface area contributed by atoms with E-state index in [1.165, 1.54) is 0 Å². The predicted octanol–water partition coefficient (Wildman–Crippen LogP) is 3.53. The highest BCUT2D eigenvalue weighted by Crippen LogP contribution is 2.17. The first-order valence-corrected chi connectivity index (χ1v) is 10.7. The van der Waals surface area contributed by atoms with Crippen LogP contribution in [0.2, 0.25) is 0 Å². The van der Waals surface area contributed by atoms with Crippen molar-refractivity contribution in [3.8, 4) is 5.69 Å². The summed E-state index contributed by atoms with van der Waals surface area (Å²) < 4.78 is 4.19. The van der Waals surface area contributed by atoms with Gasteiger partial charge in [-0.25, -0.2) is 14.7 Å². The second-order valence-corrected chi connectivity index (χ2v) is 7.46. The number of hydrogen-bond donors (Lipinski definition) is 2. The third-order valence-electron chi connectivity index (χ3n) is 5.02. The lowest BCUT2D eigenvalue weighted by Gasteiger charge is -2.13. The largest absolute Gasteiger partial charge is 0.357 e. The minimum Gasteiger partial charge on any atom is -0.357 e. The van der Waals surface area contributed by atoms with Crippen LogP contribution in [0.1, 0.15) is 42.5 Å². The zero-order valence-electron chi connectivity index (χ0n) is 18.5. The number of guanidine groups is 1. The molecule has 30 heavy (non-hydrogen) atoms. The molecule has 2 heterocycles. The van der Waals surface area contributed by atoms with Crippen LogP contribution >= 0.6 is 0 Å². The normalized spacial score (nSPS) is 11.7. The Balaban J connectivity index is 1.58. The van der Waals surface area contributed by atoms with E-state index in [4.69, 9.17) is 4.99 Å². The van der Waals surface area contributed by atoms with Gasteiger partial charge in [0.25, 0.3) is 0 Å². The summed E-state index contributed by atoms with van der Waals surface area (Å²) in [6.07, 6.45) is 6.07. The Kier molecular flexibility index (Phi) is 7.65. The molecule has 0 aliphatic heterocycles. The molecule has 3 rings (SSSR count). The molecule has 0 spiro atoms. The highest BCUT2D eigenvalue weighted by atomic mass is 15.3. The quantitative estimate of drug-likeness (QED) is 0.323. The van der Waals surface area contributed by atoms with E-state index in [-0.39, 0.29) is 0 Å². The number of benzene rings is 1. The molecule has 0 atom stereocenters. The number of nitrogens with one attached hydrogen (secondary N) is 2. The van der Waals surface area contributed by atoms with Crippen molar-refractivity contribution in [3.05, 3.63) is 65.5 Å². The van der Waals surface area contributed by atoms with Gasteiger partial charge in [-0.1, -0.05) is 18.2 Å². The van der Waals surface area contributed by atoms with Gasteiger partial charge in [0, 0.05) is 37.7 Å². The third-order valence-corrected chi connectivity index (χ3v) is 5.02. The number of imidazole rings is 1. The van der Waals surface area contributed by atoms with Gasteiger partial charge in [-0.05, 0) is 58.2 Å². The van der Waals surface area contributed by atoms with Crippen LogP contribution in [0.4, 0.5) is 0 Å². The van der Waals surface area contributed by atoms with E-state index in [1.54, 1.807) is 0 Å². The molecule has 7 nitrogen and oxygen atoms in total. The van der Waals surface area contributed by atoms with Crippen molar-refractivity contribution in [1.82, 2.24) is 30.0 Å². The monoisotopic (exact) mass is 407 g/mol. The van der Waals surface area contributed by atoms with Crippen LogP contribution in [0.5, 0.6) is 0 Å². The highest BCUT2D eigenvalue weighted by molar-refractivity contribution is 5.79. The Morgan fingerprint density at radius 1 is 1.10 bits per heavy atom. The van der Waals surface area contributed by atoms with Crippen molar-refractivity contribution in [3.63, 3.8) is 0 Å². The molecule has 0 saturated heterocycles. The van der Waals surface area contributed by atoms with E-state index >= 15 is 0 Å². The minimum atomic E-state index is 0.595. The number of para-hydroxylation sites is 1. The summed E-state index contributed by atoms with van der Waals surface area (Å²) in [5.74, 6) is 1.92. The first-order chi connectivity index (χ1) is 14.6. The predicted molar refractivity (Wildman–Crippen MR) is 122 cm³/mol. The van der Waals surface area contributed by atoms with Gasteiger partial charge in [-0.3, -0.25) is 0 Å². The zero-order chi connectivity index (χ0) is 21.3. The third kappa shape index (κ3) is 5.72. The molecule has 0 saturated carbocycles. The minimum absolute atomic E-state index is 0.595. The van der Waals surface area contributed by atoms with E-state index in [0.29, 0.717) is 6.54 Å². The van der Waals surface area contributed by atoms with Gasteiger partial charge >= 0.3 is 0 Å². The van der Waals surface area contributed by atoms with Gasteiger partial charge in [-0.15, -0.1) is 0 Å². The van der Waals surface area contributed by atoms with Crippen LogP contribution < -0.4 is 10.6 Å². The van der Waals surface area contributed by atoms with E-state index in [0.717, 1.165) is 66.9 Å². The second kappa shape index (κ2) is 10.6. The Morgan fingerprint density at radius 2 is 1.93 bits per heavy atom. The van der Waals surface area contributed by atoms with Crippen LogP contribution in [0.3, 0.4) is 0 Å². The first kappa shape index (κ1) is 21.6. The Bertz CT molecular complexity index is 968. The summed E-state index contributed by atoms with van der Waals surface area (Å²) in [6, 6.07) is 10.4. The van der Waals surface area contributed by atoms with Gasteiger partial charge in [0.2, 0.25) is 0 Å². The molecule has 0 bridgehead atoms. The van der Waals surface area contributed by atoms with Crippen molar-refractivity contribution < 1.29 is 0 Å². The molecule has 1 aromatic carbocycles. The van der Waals surface area contributed by atoms with Gasteiger partial charge in [0.15, 0.2) is 5.96 Å². The lowest BCUT2D eigenvalue weighted by molar-refractivity contribution is 0.588. The summed E-state index contributed by atoms with van der Waals surface area (Å²) in [5, 5.41) is 11.4. The molecule has 0 fully saturated rings. The smallest absolute Gasteiger partial charge is 0.191 e. The van der Waals surface area contributed by atoms with Gasteiger partial charge < -0.3 is 15.2 Å². The lowest BCUT2D eigenvalue weighted by atomic mass is 10.2. The highest BCUT2D eigenvalue weighted by Gasteiger charge is 2.08. The summed E-state index contributed by atoms with van der Waals surface area (Å²) in [5.41, 5.74) is 4.38. The SMILES string of the molecule is CCNC(=NCc1ccccc1-n1nc(C)cc1C)NCCCCn1ccnc1C. The van der Waals surface area contributed by atoms with Crippen molar-refractivity contribution >= 4 is 5.96 Å². The number of aliphatic imine (C=N–C) groups is 1. The molecular formula is C23H33N7.